The van der Waals surface area contributed by atoms with Gasteiger partial charge in [-0.3, -0.25) is 4.79 Å². The first-order valence-corrected chi connectivity index (χ1v) is 7.76. The summed E-state index contributed by atoms with van der Waals surface area (Å²) in [4.78, 5) is 16.5. The number of benzene rings is 1. The van der Waals surface area contributed by atoms with Gasteiger partial charge in [0.25, 0.3) is 0 Å². The Morgan fingerprint density at radius 2 is 1.75 bits per heavy atom. The molecule has 0 atom stereocenters. The maximum absolute atomic E-state index is 12.2. The third-order valence-electron chi connectivity index (χ3n) is 4.03. The second-order valence-corrected chi connectivity index (χ2v) is 5.74. The van der Waals surface area contributed by atoms with Crippen LogP contribution < -0.4 is 0 Å². The molecule has 2 rings (SSSR count). The van der Waals surface area contributed by atoms with E-state index in [1.807, 2.05) is 30.1 Å². The Morgan fingerprint density at radius 1 is 1.10 bits per heavy atom. The average molecular weight is 274 g/mol. The van der Waals surface area contributed by atoms with Crippen LogP contribution in [0.15, 0.2) is 30.3 Å². The molecule has 0 saturated carbocycles. The molecule has 1 fully saturated rings. The number of hydrogen-bond donors (Lipinski definition) is 0. The SMILES string of the molecule is CN(Cc1ccccc1)C(=O)CCN1CCCCCC1. The molecule has 0 aromatic heterocycles. The first-order valence-electron chi connectivity index (χ1n) is 7.76. The number of amides is 1. The first kappa shape index (κ1) is 15.0. The summed E-state index contributed by atoms with van der Waals surface area (Å²) < 4.78 is 0. The lowest BCUT2D eigenvalue weighted by Gasteiger charge is -2.22. The molecular weight excluding hydrogens is 248 g/mol. The summed E-state index contributed by atoms with van der Waals surface area (Å²) >= 11 is 0. The number of carbonyl (C=O) groups excluding carboxylic acids is 1. The predicted molar refractivity (Wildman–Crippen MR) is 82.4 cm³/mol. The molecule has 110 valence electrons. The van der Waals surface area contributed by atoms with Crippen molar-refractivity contribution in [3.63, 3.8) is 0 Å². The van der Waals surface area contributed by atoms with Gasteiger partial charge in [0, 0.05) is 26.6 Å². The summed E-state index contributed by atoms with van der Waals surface area (Å²) in [5.74, 6) is 0.248. The van der Waals surface area contributed by atoms with Crippen molar-refractivity contribution in [1.82, 2.24) is 9.80 Å². The minimum absolute atomic E-state index is 0.248. The molecule has 1 aromatic carbocycles. The van der Waals surface area contributed by atoms with Crippen LogP contribution in [0.5, 0.6) is 0 Å². The van der Waals surface area contributed by atoms with Crippen molar-refractivity contribution in [1.29, 1.82) is 0 Å². The maximum atomic E-state index is 12.2. The molecule has 1 aliphatic rings. The summed E-state index contributed by atoms with van der Waals surface area (Å²) in [6.45, 7) is 3.95. The normalized spacial score (nSPS) is 16.6. The number of rotatable bonds is 5. The highest BCUT2D eigenvalue weighted by Crippen LogP contribution is 2.10. The van der Waals surface area contributed by atoms with Gasteiger partial charge in [-0.15, -0.1) is 0 Å². The summed E-state index contributed by atoms with van der Waals surface area (Å²) in [6.07, 6.45) is 5.90. The molecule has 0 N–H and O–H groups in total. The molecule has 0 unspecified atom stereocenters. The lowest BCUT2D eigenvalue weighted by Crippen LogP contribution is -2.32. The smallest absolute Gasteiger partial charge is 0.223 e. The van der Waals surface area contributed by atoms with Gasteiger partial charge in [0.2, 0.25) is 5.91 Å². The van der Waals surface area contributed by atoms with Gasteiger partial charge in [-0.05, 0) is 31.5 Å². The maximum Gasteiger partial charge on any atom is 0.223 e. The molecule has 0 radical (unpaired) electrons. The molecule has 0 aliphatic carbocycles. The third-order valence-corrected chi connectivity index (χ3v) is 4.03. The lowest BCUT2D eigenvalue weighted by atomic mass is 10.2. The van der Waals surface area contributed by atoms with E-state index in [-0.39, 0.29) is 5.91 Å². The molecule has 1 amide bonds. The molecule has 3 nitrogen and oxygen atoms in total. The van der Waals surface area contributed by atoms with E-state index in [1.54, 1.807) is 0 Å². The molecule has 1 heterocycles. The Balaban J connectivity index is 1.73. The number of nitrogens with zero attached hydrogens (tertiary/aromatic N) is 2. The highest BCUT2D eigenvalue weighted by atomic mass is 16.2. The van der Waals surface area contributed by atoms with E-state index in [0.29, 0.717) is 13.0 Å². The lowest BCUT2D eigenvalue weighted by molar-refractivity contribution is -0.130. The second kappa shape index (κ2) is 8.05. The van der Waals surface area contributed by atoms with Gasteiger partial charge in [0.1, 0.15) is 0 Å². The summed E-state index contributed by atoms with van der Waals surface area (Å²) in [6, 6.07) is 10.2. The van der Waals surface area contributed by atoms with E-state index in [1.165, 1.54) is 31.2 Å². The minimum Gasteiger partial charge on any atom is -0.341 e. The standard InChI is InChI=1S/C17H26N2O/c1-18(15-16-9-5-4-6-10-16)17(20)11-14-19-12-7-2-3-8-13-19/h4-6,9-10H,2-3,7-8,11-15H2,1H3. The zero-order valence-corrected chi connectivity index (χ0v) is 12.6. The summed E-state index contributed by atoms with van der Waals surface area (Å²) in [5, 5.41) is 0. The molecule has 0 spiro atoms. The van der Waals surface area contributed by atoms with Crippen LogP contribution in [0.4, 0.5) is 0 Å². The summed E-state index contributed by atoms with van der Waals surface area (Å²) in [7, 11) is 1.90. The van der Waals surface area contributed by atoms with Crippen LogP contribution >= 0.6 is 0 Å². The zero-order chi connectivity index (χ0) is 14.2. The van der Waals surface area contributed by atoms with Gasteiger partial charge < -0.3 is 9.80 Å². The van der Waals surface area contributed by atoms with Crippen molar-refractivity contribution < 1.29 is 4.79 Å². The number of likely N-dealkylation sites (tertiary alicyclic amines) is 1. The zero-order valence-electron chi connectivity index (χ0n) is 12.6. The van der Waals surface area contributed by atoms with E-state index in [2.05, 4.69) is 17.0 Å². The quantitative estimate of drug-likeness (QED) is 0.824. The summed E-state index contributed by atoms with van der Waals surface area (Å²) in [5.41, 5.74) is 1.19. The fourth-order valence-corrected chi connectivity index (χ4v) is 2.75. The van der Waals surface area contributed by atoms with E-state index in [4.69, 9.17) is 0 Å². The van der Waals surface area contributed by atoms with E-state index in [0.717, 1.165) is 19.6 Å². The molecule has 1 saturated heterocycles. The largest absolute Gasteiger partial charge is 0.341 e. The first-order chi connectivity index (χ1) is 9.75. The van der Waals surface area contributed by atoms with Gasteiger partial charge in [-0.25, -0.2) is 0 Å². The van der Waals surface area contributed by atoms with Crippen molar-refractivity contribution in [3.8, 4) is 0 Å². The Bertz CT molecular complexity index is 397. The monoisotopic (exact) mass is 274 g/mol. The van der Waals surface area contributed by atoms with Crippen LogP contribution in [0.25, 0.3) is 0 Å². The van der Waals surface area contributed by atoms with Crippen molar-refractivity contribution in [2.45, 2.75) is 38.6 Å². The molecule has 3 heteroatoms. The molecule has 0 bridgehead atoms. The van der Waals surface area contributed by atoms with Crippen molar-refractivity contribution in [2.75, 3.05) is 26.7 Å². The third kappa shape index (κ3) is 4.97. The fourth-order valence-electron chi connectivity index (χ4n) is 2.75. The fraction of sp³-hybridized carbons (Fsp3) is 0.588. The topological polar surface area (TPSA) is 23.6 Å². The van der Waals surface area contributed by atoms with Gasteiger partial charge in [-0.2, -0.15) is 0 Å². The molecule has 20 heavy (non-hydrogen) atoms. The Hall–Kier alpha value is -1.35. The number of carbonyl (C=O) groups is 1. The van der Waals surface area contributed by atoms with Crippen molar-refractivity contribution >= 4 is 5.91 Å². The predicted octanol–water partition coefficient (Wildman–Crippen LogP) is 2.91. The van der Waals surface area contributed by atoms with Gasteiger partial charge >= 0.3 is 0 Å². The van der Waals surface area contributed by atoms with Crippen LogP contribution in [-0.4, -0.2) is 42.4 Å². The van der Waals surface area contributed by atoms with Crippen LogP contribution in [0.3, 0.4) is 0 Å². The van der Waals surface area contributed by atoms with E-state index in [9.17, 15) is 4.79 Å². The molecular formula is C17H26N2O. The Labute approximate surface area is 122 Å². The highest BCUT2D eigenvalue weighted by Gasteiger charge is 2.13. The molecule has 1 aliphatic heterocycles. The van der Waals surface area contributed by atoms with E-state index >= 15 is 0 Å². The van der Waals surface area contributed by atoms with Crippen LogP contribution in [0.1, 0.15) is 37.7 Å². The number of hydrogen-bond acceptors (Lipinski definition) is 2. The van der Waals surface area contributed by atoms with Gasteiger partial charge in [-0.1, -0.05) is 43.2 Å². The van der Waals surface area contributed by atoms with Gasteiger partial charge in [0.05, 0.1) is 0 Å². The van der Waals surface area contributed by atoms with Crippen molar-refractivity contribution in [2.24, 2.45) is 0 Å². The van der Waals surface area contributed by atoms with Crippen LogP contribution in [0, 0.1) is 0 Å². The minimum atomic E-state index is 0.248. The van der Waals surface area contributed by atoms with Crippen molar-refractivity contribution in [3.05, 3.63) is 35.9 Å². The second-order valence-electron chi connectivity index (χ2n) is 5.74. The molecule has 1 aromatic rings. The van der Waals surface area contributed by atoms with E-state index < -0.39 is 0 Å². The Kier molecular flexibility index (Phi) is 6.06. The van der Waals surface area contributed by atoms with Crippen LogP contribution in [0.2, 0.25) is 0 Å². The van der Waals surface area contributed by atoms with Gasteiger partial charge in [0.15, 0.2) is 0 Å². The average Bonchev–Trinajstić information content (AvgIpc) is 2.74. The highest BCUT2D eigenvalue weighted by molar-refractivity contribution is 5.76. The Morgan fingerprint density at radius 3 is 2.40 bits per heavy atom. The van der Waals surface area contributed by atoms with Crippen LogP contribution in [-0.2, 0) is 11.3 Å².